The predicted molar refractivity (Wildman–Crippen MR) is 127 cm³/mol. The van der Waals surface area contributed by atoms with Gasteiger partial charge in [0.15, 0.2) is 0 Å². The number of para-hydroxylation sites is 2. The molecule has 1 heterocycles. The number of hydrogen-bond donors (Lipinski definition) is 1. The summed E-state index contributed by atoms with van der Waals surface area (Å²) in [5.74, 6) is 1.09. The highest BCUT2D eigenvalue weighted by atomic mass is 35.5. The van der Waals surface area contributed by atoms with Crippen LogP contribution in [0.4, 0.5) is 5.69 Å². The summed E-state index contributed by atoms with van der Waals surface area (Å²) in [6.45, 7) is 5.45. The summed E-state index contributed by atoms with van der Waals surface area (Å²) in [4.78, 5) is 19.2. The third-order valence-electron chi connectivity index (χ3n) is 5.14. The maximum atomic E-state index is 12.2. The minimum atomic E-state index is -0.213. The smallest absolute Gasteiger partial charge is 0.307 e. The van der Waals surface area contributed by atoms with Gasteiger partial charge in [0.2, 0.25) is 0 Å². The van der Waals surface area contributed by atoms with E-state index in [9.17, 15) is 4.79 Å². The number of benzene rings is 2. The van der Waals surface area contributed by atoms with Gasteiger partial charge in [-0.1, -0.05) is 37.3 Å². The Morgan fingerprint density at radius 1 is 1.10 bits per heavy atom. The van der Waals surface area contributed by atoms with Crippen molar-refractivity contribution in [2.24, 2.45) is 0 Å². The Labute approximate surface area is 188 Å². The Bertz CT molecular complexity index is 1010. The van der Waals surface area contributed by atoms with Gasteiger partial charge in [0.1, 0.15) is 17.9 Å². The van der Waals surface area contributed by atoms with Crippen molar-refractivity contribution in [1.82, 2.24) is 9.88 Å². The third kappa shape index (κ3) is 5.99. The Hall–Kier alpha value is -2.57. The first-order valence-corrected chi connectivity index (χ1v) is 11.2. The molecule has 0 aliphatic carbocycles. The predicted octanol–water partition coefficient (Wildman–Crippen LogP) is 4.69. The van der Waals surface area contributed by atoms with Crippen molar-refractivity contribution in [3.8, 4) is 5.75 Å². The molecule has 166 valence electrons. The van der Waals surface area contributed by atoms with Crippen LogP contribution in [0.3, 0.4) is 0 Å². The van der Waals surface area contributed by atoms with E-state index in [-0.39, 0.29) is 12.4 Å². The van der Waals surface area contributed by atoms with Crippen LogP contribution in [0.15, 0.2) is 42.5 Å². The lowest BCUT2D eigenvalue weighted by molar-refractivity contribution is -0.143. The van der Waals surface area contributed by atoms with Crippen LogP contribution in [0.1, 0.15) is 19.8 Å². The second kappa shape index (κ2) is 11.7. The normalized spacial score (nSPS) is 11.2. The zero-order valence-corrected chi connectivity index (χ0v) is 19.0. The molecule has 1 aromatic heterocycles. The second-order valence-electron chi connectivity index (χ2n) is 7.29. The van der Waals surface area contributed by atoms with Crippen molar-refractivity contribution < 1.29 is 14.3 Å². The fraction of sp³-hybridized carbons (Fsp3) is 0.417. The van der Waals surface area contributed by atoms with E-state index in [0.29, 0.717) is 25.6 Å². The van der Waals surface area contributed by atoms with Crippen LogP contribution in [0.25, 0.3) is 21.8 Å². The topological polar surface area (TPSA) is 63.7 Å². The summed E-state index contributed by atoms with van der Waals surface area (Å²) >= 11 is 5.83. The van der Waals surface area contributed by atoms with E-state index < -0.39 is 0 Å². The average Bonchev–Trinajstić information content (AvgIpc) is 2.78. The minimum absolute atomic E-state index is 0.213. The SMILES string of the molecule is CCCN(CCCl)CCOC(=O)CCNc1c2ccccc2nc2c(OC)cccc12. The van der Waals surface area contributed by atoms with Crippen LogP contribution < -0.4 is 10.1 Å². The van der Waals surface area contributed by atoms with Gasteiger partial charge in [0.05, 0.1) is 24.7 Å². The molecule has 6 nitrogen and oxygen atoms in total. The lowest BCUT2D eigenvalue weighted by Gasteiger charge is -2.20. The van der Waals surface area contributed by atoms with Crippen LogP contribution in [-0.4, -0.2) is 61.6 Å². The highest BCUT2D eigenvalue weighted by molar-refractivity contribution is 6.18. The van der Waals surface area contributed by atoms with Crippen LogP contribution in [0.2, 0.25) is 0 Å². The van der Waals surface area contributed by atoms with Crippen molar-refractivity contribution in [2.45, 2.75) is 19.8 Å². The van der Waals surface area contributed by atoms with E-state index in [1.807, 2.05) is 42.5 Å². The first kappa shape index (κ1) is 23.1. The minimum Gasteiger partial charge on any atom is -0.494 e. The average molecular weight is 444 g/mol. The molecule has 0 spiro atoms. The molecule has 0 bridgehead atoms. The van der Waals surface area contributed by atoms with Crippen molar-refractivity contribution in [3.05, 3.63) is 42.5 Å². The summed E-state index contributed by atoms with van der Waals surface area (Å²) in [6.07, 6.45) is 1.33. The number of alkyl halides is 1. The number of pyridine rings is 1. The zero-order valence-electron chi connectivity index (χ0n) is 18.2. The van der Waals surface area contributed by atoms with E-state index in [0.717, 1.165) is 52.8 Å². The Morgan fingerprint density at radius 3 is 2.68 bits per heavy atom. The highest BCUT2D eigenvalue weighted by Gasteiger charge is 2.13. The molecule has 0 saturated heterocycles. The fourth-order valence-corrected chi connectivity index (χ4v) is 3.90. The van der Waals surface area contributed by atoms with Crippen molar-refractivity contribution in [1.29, 1.82) is 0 Å². The van der Waals surface area contributed by atoms with Gasteiger partial charge in [-0.15, -0.1) is 11.6 Å². The molecule has 0 aliphatic rings. The molecule has 1 N–H and O–H groups in total. The maximum absolute atomic E-state index is 12.2. The van der Waals surface area contributed by atoms with Crippen LogP contribution in [0.5, 0.6) is 5.75 Å². The first-order chi connectivity index (χ1) is 15.2. The van der Waals surface area contributed by atoms with Crippen LogP contribution >= 0.6 is 11.6 Å². The van der Waals surface area contributed by atoms with E-state index >= 15 is 0 Å². The number of ether oxygens (including phenoxy) is 2. The number of anilines is 1. The molecule has 0 radical (unpaired) electrons. The van der Waals surface area contributed by atoms with Crippen LogP contribution in [-0.2, 0) is 9.53 Å². The lowest BCUT2D eigenvalue weighted by Crippen LogP contribution is -2.31. The number of hydrogen-bond acceptors (Lipinski definition) is 6. The van der Waals surface area contributed by atoms with Gasteiger partial charge < -0.3 is 14.8 Å². The maximum Gasteiger partial charge on any atom is 0.307 e. The molecule has 3 rings (SSSR count). The number of carbonyl (C=O) groups excluding carboxylic acids is 1. The molecule has 31 heavy (non-hydrogen) atoms. The summed E-state index contributed by atoms with van der Waals surface area (Å²) in [5, 5.41) is 5.40. The number of halogens is 1. The molecular weight excluding hydrogens is 414 g/mol. The quantitative estimate of drug-likeness (QED) is 0.249. The molecule has 7 heteroatoms. The number of nitrogens with one attached hydrogen (secondary N) is 1. The Kier molecular flexibility index (Phi) is 8.74. The van der Waals surface area contributed by atoms with Crippen molar-refractivity contribution in [3.63, 3.8) is 0 Å². The lowest BCUT2D eigenvalue weighted by atomic mass is 10.1. The van der Waals surface area contributed by atoms with E-state index in [1.165, 1.54) is 0 Å². The summed E-state index contributed by atoms with van der Waals surface area (Å²) in [7, 11) is 1.64. The van der Waals surface area contributed by atoms with Gasteiger partial charge in [0.25, 0.3) is 0 Å². The number of nitrogens with zero attached hydrogens (tertiary/aromatic N) is 2. The van der Waals surface area contributed by atoms with Crippen molar-refractivity contribution >= 4 is 45.1 Å². The number of fused-ring (bicyclic) bond motifs is 2. The standard InChI is InChI=1S/C24H30ClN3O3/c1-3-14-28(15-12-25)16-17-31-22(29)11-13-26-23-18-7-4-5-9-20(18)27-24-19(23)8-6-10-21(24)30-2/h4-10H,3,11-17H2,1-2H3,(H,26,27). The molecule has 0 fully saturated rings. The molecule has 2 aromatic carbocycles. The fourth-order valence-electron chi connectivity index (χ4n) is 3.66. The van der Waals surface area contributed by atoms with Gasteiger partial charge in [0, 0.05) is 36.3 Å². The summed E-state index contributed by atoms with van der Waals surface area (Å²) in [6, 6.07) is 13.8. The Balaban J connectivity index is 1.64. The number of esters is 1. The van der Waals surface area contributed by atoms with Gasteiger partial charge in [-0.25, -0.2) is 4.98 Å². The van der Waals surface area contributed by atoms with Gasteiger partial charge in [-0.3, -0.25) is 9.69 Å². The van der Waals surface area contributed by atoms with Gasteiger partial charge in [-0.2, -0.15) is 0 Å². The monoisotopic (exact) mass is 443 g/mol. The van der Waals surface area contributed by atoms with Gasteiger partial charge in [-0.05, 0) is 25.1 Å². The molecule has 3 aromatic rings. The van der Waals surface area contributed by atoms with Crippen LogP contribution in [0, 0.1) is 0 Å². The Morgan fingerprint density at radius 2 is 1.90 bits per heavy atom. The first-order valence-electron chi connectivity index (χ1n) is 10.7. The number of methoxy groups -OCH3 is 1. The largest absolute Gasteiger partial charge is 0.494 e. The van der Waals surface area contributed by atoms with E-state index in [4.69, 9.17) is 26.1 Å². The number of aromatic nitrogens is 1. The van der Waals surface area contributed by atoms with E-state index in [1.54, 1.807) is 7.11 Å². The number of carbonyl (C=O) groups is 1. The summed E-state index contributed by atoms with van der Waals surface area (Å²) < 4.78 is 10.9. The highest BCUT2D eigenvalue weighted by Crippen LogP contribution is 2.34. The zero-order chi connectivity index (χ0) is 22.1. The summed E-state index contributed by atoms with van der Waals surface area (Å²) in [5.41, 5.74) is 2.62. The second-order valence-corrected chi connectivity index (χ2v) is 7.67. The third-order valence-corrected chi connectivity index (χ3v) is 5.30. The molecule has 0 amide bonds. The van der Waals surface area contributed by atoms with E-state index in [2.05, 4.69) is 17.1 Å². The molecule has 0 saturated carbocycles. The number of rotatable bonds is 12. The molecule has 0 atom stereocenters. The van der Waals surface area contributed by atoms with Crippen molar-refractivity contribution in [2.75, 3.05) is 51.1 Å². The molecular formula is C24H30ClN3O3. The molecule has 0 aliphatic heterocycles. The molecule has 0 unspecified atom stereocenters. The van der Waals surface area contributed by atoms with Gasteiger partial charge >= 0.3 is 5.97 Å².